The van der Waals surface area contributed by atoms with Gasteiger partial charge in [0.15, 0.2) is 0 Å². The lowest BCUT2D eigenvalue weighted by atomic mass is 10.0. The summed E-state index contributed by atoms with van der Waals surface area (Å²) in [5, 5.41) is 0. The van der Waals surface area contributed by atoms with Crippen molar-refractivity contribution in [1.82, 2.24) is 14.9 Å². The monoisotopic (exact) mass is 345 g/mol. The molecule has 4 rings (SSSR count). The van der Waals surface area contributed by atoms with E-state index in [4.69, 9.17) is 0 Å². The molecule has 2 aromatic heterocycles. The second-order valence-electron chi connectivity index (χ2n) is 6.55. The summed E-state index contributed by atoms with van der Waals surface area (Å²) in [6.45, 7) is 0.532. The third-order valence-corrected chi connectivity index (χ3v) is 4.55. The summed E-state index contributed by atoms with van der Waals surface area (Å²) in [5.74, 6) is -0.0922. The molecule has 1 aliphatic rings. The molecule has 1 fully saturated rings. The highest BCUT2D eigenvalue weighted by atomic mass is 16.2. The Morgan fingerprint density at radius 3 is 2.69 bits per heavy atom. The van der Waals surface area contributed by atoms with Crippen LogP contribution in [0.4, 0.5) is 0 Å². The number of amides is 1. The lowest BCUT2D eigenvalue weighted by Gasteiger charge is -2.23. The molecule has 130 valence electrons. The molecule has 2 heterocycles. The Hall–Kier alpha value is -3.21. The Morgan fingerprint density at radius 1 is 1.12 bits per heavy atom. The molecule has 0 atom stereocenters. The van der Waals surface area contributed by atoms with Crippen molar-refractivity contribution in [1.29, 1.82) is 0 Å². The number of nitrogens with zero attached hydrogens (tertiary/aromatic N) is 2. The summed E-state index contributed by atoms with van der Waals surface area (Å²) in [6.07, 6.45) is 7.12. The van der Waals surface area contributed by atoms with Gasteiger partial charge in [-0.1, -0.05) is 24.3 Å². The summed E-state index contributed by atoms with van der Waals surface area (Å²) < 4.78 is 0. The standard InChI is InChI=1S/C21H19N3O2/c25-20-12-17(8-10-23-20)21(26)24(19-6-7-19)14-15-3-1-4-16(11-15)18-5-2-9-22-13-18/h1-5,8-13,19H,6-7,14H2,(H,23,25). The lowest BCUT2D eigenvalue weighted by molar-refractivity contribution is 0.0729. The second kappa shape index (κ2) is 6.96. The first kappa shape index (κ1) is 16.3. The van der Waals surface area contributed by atoms with Gasteiger partial charge in [-0.25, -0.2) is 0 Å². The number of hydrogen-bond acceptors (Lipinski definition) is 3. The molecule has 1 amide bonds. The first-order chi connectivity index (χ1) is 12.7. The first-order valence-corrected chi connectivity index (χ1v) is 8.70. The molecule has 0 saturated heterocycles. The predicted molar refractivity (Wildman–Crippen MR) is 99.6 cm³/mol. The molecule has 0 unspecified atom stereocenters. The maximum atomic E-state index is 12.9. The summed E-state index contributed by atoms with van der Waals surface area (Å²) in [7, 11) is 0. The number of hydrogen-bond donors (Lipinski definition) is 1. The van der Waals surface area contributed by atoms with Crippen LogP contribution in [0.1, 0.15) is 28.8 Å². The minimum Gasteiger partial charge on any atom is -0.331 e. The van der Waals surface area contributed by atoms with Crippen molar-refractivity contribution in [3.8, 4) is 11.1 Å². The third kappa shape index (κ3) is 3.57. The van der Waals surface area contributed by atoms with E-state index in [0.717, 1.165) is 29.5 Å². The van der Waals surface area contributed by atoms with Crippen molar-refractivity contribution >= 4 is 5.91 Å². The zero-order chi connectivity index (χ0) is 17.9. The van der Waals surface area contributed by atoms with Crippen LogP contribution in [0.2, 0.25) is 0 Å². The number of benzene rings is 1. The number of carbonyl (C=O) groups excluding carboxylic acids is 1. The normalized spacial score (nSPS) is 13.4. The second-order valence-corrected chi connectivity index (χ2v) is 6.55. The SMILES string of the molecule is O=C(c1cc[nH]c(=O)c1)N(Cc1cccc(-c2cccnc2)c1)C1CC1. The van der Waals surface area contributed by atoms with Gasteiger partial charge in [-0.3, -0.25) is 14.6 Å². The van der Waals surface area contributed by atoms with Crippen molar-refractivity contribution in [3.63, 3.8) is 0 Å². The maximum absolute atomic E-state index is 12.9. The maximum Gasteiger partial charge on any atom is 0.254 e. The number of carbonyl (C=O) groups is 1. The fourth-order valence-electron chi connectivity index (χ4n) is 3.08. The van der Waals surface area contributed by atoms with Gasteiger partial charge in [0, 0.05) is 42.8 Å². The summed E-state index contributed by atoms with van der Waals surface area (Å²) in [5.41, 5.74) is 3.37. The topological polar surface area (TPSA) is 66.1 Å². The van der Waals surface area contributed by atoms with Gasteiger partial charge in [0.05, 0.1) is 0 Å². The van der Waals surface area contributed by atoms with Crippen molar-refractivity contribution in [2.75, 3.05) is 0 Å². The van der Waals surface area contributed by atoms with Crippen LogP contribution in [0.15, 0.2) is 71.9 Å². The number of aromatic nitrogens is 2. The molecule has 0 aliphatic heterocycles. The summed E-state index contributed by atoms with van der Waals surface area (Å²) >= 11 is 0. The minimum absolute atomic E-state index is 0.0922. The molecule has 5 heteroatoms. The van der Waals surface area contributed by atoms with E-state index in [0.29, 0.717) is 12.1 Å². The van der Waals surface area contributed by atoms with Crippen molar-refractivity contribution in [2.24, 2.45) is 0 Å². The van der Waals surface area contributed by atoms with Crippen molar-refractivity contribution in [3.05, 3.63) is 88.6 Å². The molecule has 1 N–H and O–H groups in total. The third-order valence-electron chi connectivity index (χ3n) is 4.55. The van der Waals surface area contributed by atoms with E-state index in [2.05, 4.69) is 16.0 Å². The highest BCUT2D eigenvalue weighted by molar-refractivity contribution is 5.94. The number of H-pyrrole nitrogens is 1. The van der Waals surface area contributed by atoms with E-state index < -0.39 is 0 Å². The summed E-state index contributed by atoms with van der Waals surface area (Å²) in [4.78, 5) is 33.0. The van der Waals surface area contributed by atoms with Gasteiger partial charge in [0.2, 0.25) is 5.56 Å². The average molecular weight is 345 g/mol. The van der Waals surface area contributed by atoms with Crippen LogP contribution in [0.25, 0.3) is 11.1 Å². The molecule has 0 bridgehead atoms. The fourth-order valence-corrected chi connectivity index (χ4v) is 3.08. The minimum atomic E-state index is -0.259. The van der Waals surface area contributed by atoms with Gasteiger partial charge >= 0.3 is 0 Å². The van der Waals surface area contributed by atoms with Crippen LogP contribution >= 0.6 is 0 Å². The van der Waals surface area contributed by atoms with E-state index in [-0.39, 0.29) is 17.5 Å². The highest BCUT2D eigenvalue weighted by Crippen LogP contribution is 2.30. The van der Waals surface area contributed by atoms with Crippen molar-refractivity contribution in [2.45, 2.75) is 25.4 Å². The van der Waals surface area contributed by atoms with E-state index in [1.54, 1.807) is 12.3 Å². The lowest BCUT2D eigenvalue weighted by Crippen LogP contribution is -2.33. The Morgan fingerprint density at radius 2 is 1.96 bits per heavy atom. The molecule has 1 saturated carbocycles. The van der Waals surface area contributed by atoms with Crippen LogP contribution in [0.5, 0.6) is 0 Å². The molecule has 0 spiro atoms. The van der Waals surface area contributed by atoms with Gasteiger partial charge in [-0.05, 0) is 47.7 Å². The average Bonchev–Trinajstić information content (AvgIpc) is 3.52. The molecule has 26 heavy (non-hydrogen) atoms. The van der Waals surface area contributed by atoms with Gasteiger partial charge < -0.3 is 9.88 Å². The first-order valence-electron chi connectivity index (χ1n) is 8.70. The van der Waals surface area contributed by atoms with E-state index in [9.17, 15) is 9.59 Å². The van der Waals surface area contributed by atoms with Crippen LogP contribution < -0.4 is 5.56 Å². The number of pyridine rings is 2. The molecule has 1 aliphatic carbocycles. The van der Waals surface area contributed by atoms with Crippen LogP contribution in [0, 0.1) is 0 Å². The largest absolute Gasteiger partial charge is 0.331 e. The van der Waals surface area contributed by atoms with Gasteiger partial charge in [-0.15, -0.1) is 0 Å². The Balaban J connectivity index is 1.60. The van der Waals surface area contributed by atoms with E-state index >= 15 is 0 Å². The zero-order valence-electron chi connectivity index (χ0n) is 14.3. The Bertz CT molecular complexity index is 978. The molecule has 3 aromatic rings. The van der Waals surface area contributed by atoms with Gasteiger partial charge in [-0.2, -0.15) is 0 Å². The Labute approximate surface area is 151 Å². The van der Waals surface area contributed by atoms with E-state index in [1.807, 2.05) is 41.4 Å². The predicted octanol–water partition coefficient (Wildman–Crippen LogP) is 3.24. The smallest absolute Gasteiger partial charge is 0.254 e. The molecule has 5 nitrogen and oxygen atoms in total. The van der Waals surface area contributed by atoms with Gasteiger partial charge in [0.1, 0.15) is 0 Å². The van der Waals surface area contributed by atoms with Crippen LogP contribution in [0.3, 0.4) is 0 Å². The number of rotatable bonds is 5. The summed E-state index contributed by atoms with van der Waals surface area (Å²) in [6, 6.07) is 15.4. The molecular formula is C21H19N3O2. The van der Waals surface area contributed by atoms with Crippen LogP contribution in [-0.2, 0) is 6.54 Å². The van der Waals surface area contributed by atoms with Crippen molar-refractivity contribution < 1.29 is 4.79 Å². The van der Waals surface area contributed by atoms with Crippen LogP contribution in [-0.4, -0.2) is 26.8 Å². The zero-order valence-corrected chi connectivity index (χ0v) is 14.3. The molecule has 0 radical (unpaired) electrons. The quantitative estimate of drug-likeness (QED) is 0.772. The fraction of sp³-hybridized carbons (Fsp3) is 0.190. The Kier molecular flexibility index (Phi) is 4.35. The van der Waals surface area contributed by atoms with E-state index in [1.165, 1.54) is 12.3 Å². The highest BCUT2D eigenvalue weighted by Gasteiger charge is 2.33. The molecular weight excluding hydrogens is 326 g/mol. The number of aromatic amines is 1. The van der Waals surface area contributed by atoms with Gasteiger partial charge in [0.25, 0.3) is 5.91 Å². The molecule has 1 aromatic carbocycles. The number of nitrogens with one attached hydrogen (secondary N) is 1.